The van der Waals surface area contributed by atoms with Crippen molar-refractivity contribution in [3.05, 3.63) is 0 Å². The lowest BCUT2D eigenvalue weighted by atomic mass is 9.40. The molecule has 0 radical (unpaired) electrons. The molecule has 6 atom stereocenters. The Morgan fingerprint density at radius 1 is 1.08 bits per heavy atom. The lowest BCUT2D eigenvalue weighted by molar-refractivity contribution is -0.182. The van der Waals surface area contributed by atoms with Crippen LogP contribution in [0.15, 0.2) is 5.16 Å². The molecule has 1 spiro atoms. The van der Waals surface area contributed by atoms with Crippen LogP contribution in [0.3, 0.4) is 0 Å². The van der Waals surface area contributed by atoms with Crippen molar-refractivity contribution < 1.29 is 15.1 Å². The number of carbonyl (C=O) groups is 1. The zero-order valence-corrected chi connectivity index (χ0v) is 15.3. The number of carboxylic acids is 1. The summed E-state index contributed by atoms with van der Waals surface area (Å²) >= 11 is 0. The molecule has 134 valence electrons. The number of nitrogens with zero attached hydrogens (tertiary/aromatic N) is 1. The SMILES string of the molecule is C[C@@]12CC[C@@H]3[C@@](CC[C@H]4[C@@]3(C)CCC[C@@]4(C)C(=O)O)(C/C1=N\O)C2. The van der Waals surface area contributed by atoms with Crippen molar-refractivity contribution in [3.8, 4) is 0 Å². The first-order valence-electron chi connectivity index (χ1n) is 9.65. The van der Waals surface area contributed by atoms with Gasteiger partial charge in [0.25, 0.3) is 0 Å². The smallest absolute Gasteiger partial charge is 0.309 e. The number of oxime groups is 1. The van der Waals surface area contributed by atoms with E-state index in [0.29, 0.717) is 5.92 Å². The molecular formula is C20H31NO3. The maximum atomic E-state index is 12.1. The Hall–Kier alpha value is -1.06. The van der Waals surface area contributed by atoms with E-state index in [4.69, 9.17) is 0 Å². The number of rotatable bonds is 1. The van der Waals surface area contributed by atoms with Gasteiger partial charge in [0.2, 0.25) is 0 Å². The van der Waals surface area contributed by atoms with E-state index < -0.39 is 11.4 Å². The fourth-order valence-corrected chi connectivity index (χ4v) is 7.94. The van der Waals surface area contributed by atoms with Gasteiger partial charge >= 0.3 is 5.97 Å². The van der Waals surface area contributed by atoms with Crippen LogP contribution in [0.25, 0.3) is 0 Å². The lowest BCUT2D eigenvalue weighted by Crippen LogP contribution is -2.58. The van der Waals surface area contributed by atoms with Gasteiger partial charge in [-0.2, -0.15) is 0 Å². The molecule has 0 unspecified atom stereocenters. The summed E-state index contributed by atoms with van der Waals surface area (Å²) in [6.45, 7) is 6.65. The van der Waals surface area contributed by atoms with Crippen molar-refractivity contribution in [2.75, 3.05) is 0 Å². The molecule has 4 heteroatoms. The molecule has 0 saturated heterocycles. The third-order valence-electron chi connectivity index (χ3n) is 9.00. The molecule has 4 fully saturated rings. The average Bonchev–Trinajstić information content (AvgIpc) is 2.72. The molecule has 4 aliphatic carbocycles. The summed E-state index contributed by atoms with van der Waals surface area (Å²) in [7, 11) is 0. The Kier molecular flexibility index (Phi) is 3.26. The van der Waals surface area contributed by atoms with Crippen LogP contribution in [0.2, 0.25) is 0 Å². The molecule has 4 aliphatic rings. The number of carboxylic acid groups (broad SMARTS) is 1. The van der Waals surface area contributed by atoms with Gasteiger partial charge in [-0.05, 0) is 81.0 Å². The van der Waals surface area contributed by atoms with Gasteiger partial charge in [-0.1, -0.05) is 25.4 Å². The Morgan fingerprint density at radius 3 is 2.46 bits per heavy atom. The predicted molar refractivity (Wildman–Crippen MR) is 92.1 cm³/mol. The van der Waals surface area contributed by atoms with Gasteiger partial charge in [0.15, 0.2) is 0 Å². The fourth-order valence-electron chi connectivity index (χ4n) is 7.94. The van der Waals surface area contributed by atoms with Crippen LogP contribution in [0.5, 0.6) is 0 Å². The molecule has 0 heterocycles. The van der Waals surface area contributed by atoms with E-state index in [1.54, 1.807) is 0 Å². The normalized spacial score (nSPS) is 55.0. The van der Waals surface area contributed by atoms with E-state index in [2.05, 4.69) is 19.0 Å². The third-order valence-corrected chi connectivity index (χ3v) is 9.00. The largest absolute Gasteiger partial charge is 0.481 e. The average molecular weight is 333 g/mol. The van der Waals surface area contributed by atoms with Crippen molar-refractivity contribution in [1.82, 2.24) is 0 Å². The van der Waals surface area contributed by atoms with E-state index in [1.165, 1.54) is 0 Å². The van der Waals surface area contributed by atoms with E-state index in [1.807, 2.05) is 6.92 Å². The second kappa shape index (κ2) is 4.76. The van der Waals surface area contributed by atoms with Crippen molar-refractivity contribution in [3.63, 3.8) is 0 Å². The standard InChI is InChI=1S/C20H31NO3/c1-17-9-5-14-18(2)7-4-8-19(3,16(22)23)13(18)6-10-20(14,12-17)11-15(17)21-24/h13-14,24H,4-12H2,1-3H3,(H,22,23)/b21-15+/t13-,14-,17-,18+,19+,20-/m0/s1. The minimum Gasteiger partial charge on any atom is -0.481 e. The quantitative estimate of drug-likeness (QED) is 0.539. The van der Waals surface area contributed by atoms with E-state index in [0.717, 1.165) is 63.5 Å². The highest BCUT2D eigenvalue weighted by Crippen LogP contribution is 2.73. The van der Waals surface area contributed by atoms with E-state index in [9.17, 15) is 15.1 Å². The Balaban J connectivity index is 1.75. The topological polar surface area (TPSA) is 69.9 Å². The Morgan fingerprint density at radius 2 is 1.79 bits per heavy atom. The summed E-state index contributed by atoms with van der Waals surface area (Å²) in [5, 5.41) is 23.2. The van der Waals surface area contributed by atoms with Crippen LogP contribution in [0.1, 0.15) is 78.6 Å². The third kappa shape index (κ3) is 1.80. The number of fused-ring (bicyclic) bond motifs is 3. The summed E-state index contributed by atoms with van der Waals surface area (Å²) in [6, 6.07) is 0. The maximum Gasteiger partial charge on any atom is 0.309 e. The first-order chi connectivity index (χ1) is 11.2. The molecule has 0 aromatic heterocycles. The lowest BCUT2D eigenvalue weighted by Gasteiger charge is -2.63. The zero-order valence-electron chi connectivity index (χ0n) is 15.3. The Bertz CT molecular complexity index is 616. The summed E-state index contributed by atoms with van der Waals surface area (Å²) < 4.78 is 0. The maximum absolute atomic E-state index is 12.1. The molecule has 4 rings (SSSR count). The van der Waals surface area contributed by atoms with Gasteiger partial charge in [0, 0.05) is 5.41 Å². The highest BCUT2D eigenvalue weighted by molar-refractivity contribution is 5.92. The first-order valence-corrected chi connectivity index (χ1v) is 9.65. The molecule has 0 aliphatic heterocycles. The van der Waals surface area contributed by atoms with Crippen molar-refractivity contribution in [1.29, 1.82) is 0 Å². The van der Waals surface area contributed by atoms with Gasteiger partial charge in [0.1, 0.15) is 0 Å². The zero-order chi connectivity index (χ0) is 17.4. The molecule has 0 aromatic carbocycles. The van der Waals surface area contributed by atoms with Crippen LogP contribution in [-0.4, -0.2) is 22.0 Å². The van der Waals surface area contributed by atoms with Gasteiger partial charge < -0.3 is 10.3 Å². The molecular weight excluding hydrogens is 302 g/mol. The molecule has 4 saturated carbocycles. The Labute approximate surface area is 144 Å². The van der Waals surface area contributed by atoms with Crippen molar-refractivity contribution in [2.45, 2.75) is 78.6 Å². The van der Waals surface area contributed by atoms with Crippen LogP contribution in [-0.2, 0) is 4.79 Å². The monoisotopic (exact) mass is 333 g/mol. The summed E-state index contributed by atoms with van der Waals surface area (Å²) in [5.74, 6) is 0.264. The van der Waals surface area contributed by atoms with Crippen molar-refractivity contribution >= 4 is 11.7 Å². The second-order valence-electron chi connectivity index (χ2n) is 10.1. The van der Waals surface area contributed by atoms with Crippen LogP contribution >= 0.6 is 0 Å². The second-order valence-corrected chi connectivity index (χ2v) is 10.1. The van der Waals surface area contributed by atoms with Crippen molar-refractivity contribution in [2.24, 2.45) is 38.7 Å². The van der Waals surface area contributed by atoms with Gasteiger partial charge in [-0.15, -0.1) is 0 Å². The summed E-state index contributed by atoms with van der Waals surface area (Å²) in [5.41, 5.74) is 0.872. The predicted octanol–water partition coefficient (Wildman–Crippen LogP) is 4.70. The van der Waals surface area contributed by atoms with Gasteiger partial charge in [-0.3, -0.25) is 4.79 Å². The van der Waals surface area contributed by atoms with Crippen LogP contribution < -0.4 is 0 Å². The number of hydrogen-bond donors (Lipinski definition) is 2. The molecule has 4 nitrogen and oxygen atoms in total. The minimum atomic E-state index is -0.598. The minimum absolute atomic E-state index is 0.0687. The molecule has 0 amide bonds. The number of aliphatic carboxylic acids is 1. The molecule has 2 N–H and O–H groups in total. The highest BCUT2D eigenvalue weighted by atomic mass is 16.4. The van der Waals surface area contributed by atoms with Crippen LogP contribution in [0.4, 0.5) is 0 Å². The van der Waals surface area contributed by atoms with Gasteiger partial charge in [-0.25, -0.2) is 0 Å². The number of hydrogen-bond acceptors (Lipinski definition) is 3. The fraction of sp³-hybridized carbons (Fsp3) is 0.900. The molecule has 24 heavy (non-hydrogen) atoms. The van der Waals surface area contributed by atoms with Gasteiger partial charge in [0.05, 0.1) is 11.1 Å². The molecule has 0 aromatic rings. The molecule has 2 bridgehead atoms. The van der Waals surface area contributed by atoms with E-state index >= 15 is 0 Å². The summed E-state index contributed by atoms with van der Waals surface area (Å²) in [4.78, 5) is 12.1. The first kappa shape index (κ1) is 16.4. The highest BCUT2D eigenvalue weighted by Gasteiger charge is 2.67. The van der Waals surface area contributed by atoms with Crippen LogP contribution in [0, 0.1) is 33.5 Å². The van der Waals surface area contributed by atoms with E-state index in [-0.39, 0.29) is 22.2 Å². The summed E-state index contributed by atoms with van der Waals surface area (Å²) in [6.07, 6.45) is 9.45.